The number of rotatable bonds is 0. The number of aliphatic hydroxyl groups is 2. The molecule has 86 valence electrons. The summed E-state index contributed by atoms with van der Waals surface area (Å²) in [6.45, 7) is 0. The van der Waals surface area contributed by atoms with Gasteiger partial charge in [0.05, 0.1) is 6.10 Å². The van der Waals surface area contributed by atoms with Crippen molar-refractivity contribution in [2.75, 3.05) is 0 Å². The van der Waals surface area contributed by atoms with Gasteiger partial charge in [-0.3, -0.25) is 0 Å². The van der Waals surface area contributed by atoms with Crippen LogP contribution in [0.4, 0.5) is 0 Å². The molecule has 0 radical (unpaired) electrons. The first kappa shape index (κ1) is 10.3. The third-order valence-electron chi connectivity index (χ3n) is 4.30. The van der Waals surface area contributed by atoms with Crippen LogP contribution in [-0.4, -0.2) is 16.3 Å². The highest BCUT2D eigenvalue weighted by molar-refractivity contribution is 5.36. The average Bonchev–Trinajstić information content (AvgIpc) is 2.36. The molecular formula is C14H18O2. The molecule has 1 saturated carbocycles. The summed E-state index contributed by atoms with van der Waals surface area (Å²) in [5.41, 5.74) is 2.21. The fourth-order valence-corrected chi connectivity index (χ4v) is 3.49. The van der Waals surface area contributed by atoms with E-state index in [0.29, 0.717) is 5.92 Å². The number of aliphatic hydroxyl groups excluding tert-OH is 2. The molecule has 2 aliphatic rings. The Balaban J connectivity index is 2.07. The Morgan fingerprint density at radius 2 is 1.62 bits per heavy atom. The maximum absolute atomic E-state index is 10.2. The standard InChI is InChI=1S/C14H18O2/c15-13-11-7-3-1-5-9(11)10-6-2-4-8-12(10)14(13)16/h1,3,5,7,10,12-16H,2,4,6,8H2/t10-,12+,13+,14-/m1/s1. The van der Waals surface area contributed by atoms with Gasteiger partial charge < -0.3 is 10.2 Å². The third-order valence-corrected chi connectivity index (χ3v) is 4.30. The molecule has 3 rings (SSSR count). The minimum Gasteiger partial charge on any atom is -0.390 e. The molecule has 2 aliphatic carbocycles. The van der Waals surface area contributed by atoms with Crippen molar-refractivity contribution < 1.29 is 10.2 Å². The minimum atomic E-state index is -0.685. The molecule has 0 amide bonds. The van der Waals surface area contributed by atoms with Gasteiger partial charge in [-0.2, -0.15) is 0 Å². The second kappa shape index (κ2) is 3.86. The summed E-state index contributed by atoms with van der Waals surface area (Å²) in [6.07, 6.45) is 3.39. The molecule has 0 aliphatic heterocycles. The van der Waals surface area contributed by atoms with Crippen LogP contribution in [0.5, 0.6) is 0 Å². The minimum absolute atomic E-state index is 0.263. The lowest BCUT2D eigenvalue weighted by atomic mass is 9.66. The summed E-state index contributed by atoms with van der Waals surface area (Å²) in [7, 11) is 0. The summed E-state index contributed by atoms with van der Waals surface area (Å²) >= 11 is 0. The van der Waals surface area contributed by atoms with Gasteiger partial charge in [-0.05, 0) is 35.8 Å². The van der Waals surface area contributed by atoms with E-state index in [0.717, 1.165) is 18.4 Å². The zero-order chi connectivity index (χ0) is 11.1. The molecule has 2 heteroatoms. The van der Waals surface area contributed by atoms with E-state index in [-0.39, 0.29) is 5.92 Å². The average molecular weight is 218 g/mol. The van der Waals surface area contributed by atoms with Crippen molar-refractivity contribution in [3.8, 4) is 0 Å². The molecule has 16 heavy (non-hydrogen) atoms. The summed E-state index contributed by atoms with van der Waals surface area (Å²) in [6, 6.07) is 8.05. The zero-order valence-corrected chi connectivity index (χ0v) is 9.34. The van der Waals surface area contributed by atoms with Gasteiger partial charge in [-0.25, -0.2) is 0 Å². The van der Waals surface area contributed by atoms with Gasteiger partial charge in [0.1, 0.15) is 6.10 Å². The van der Waals surface area contributed by atoms with Crippen molar-refractivity contribution in [2.24, 2.45) is 5.92 Å². The van der Waals surface area contributed by atoms with Gasteiger partial charge in [0.2, 0.25) is 0 Å². The van der Waals surface area contributed by atoms with E-state index >= 15 is 0 Å². The van der Waals surface area contributed by atoms with Gasteiger partial charge in [0.15, 0.2) is 0 Å². The molecule has 2 N–H and O–H groups in total. The van der Waals surface area contributed by atoms with E-state index in [1.165, 1.54) is 18.4 Å². The first-order valence-electron chi connectivity index (χ1n) is 6.24. The van der Waals surface area contributed by atoms with E-state index in [2.05, 4.69) is 6.07 Å². The monoisotopic (exact) mass is 218 g/mol. The lowest BCUT2D eigenvalue weighted by Gasteiger charge is -2.42. The second-order valence-corrected chi connectivity index (χ2v) is 5.12. The maximum atomic E-state index is 10.2. The lowest BCUT2D eigenvalue weighted by Crippen LogP contribution is -2.39. The van der Waals surface area contributed by atoms with Gasteiger partial charge in [0, 0.05) is 0 Å². The van der Waals surface area contributed by atoms with E-state index in [4.69, 9.17) is 0 Å². The van der Waals surface area contributed by atoms with Crippen LogP contribution in [0.15, 0.2) is 24.3 Å². The largest absolute Gasteiger partial charge is 0.390 e. The van der Waals surface area contributed by atoms with Crippen LogP contribution in [0, 0.1) is 5.92 Å². The van der Waals surface area contributed by atoms with Crippen molar-refractivity contribution >= 4 is 0 Å². The van der Waals surface area contributed by atoms with Crippen molar-refractivity contribution in [3.05, 3.63) is 35.4 Å². The highest BCUT2D eigenvalue weighted by Gasteiger charge is 2.41. The molecule has 2 nitrogen and oxygen atoms in total. The van der Waals surface area contributed by atoms with Gasteiger partial charge in [-0.1, -0.05) is 37.1 Å². The van der Waals surface area contributed by atoms with E-state index < -0.39 is 12.2 Å². The molecule has 0 aromatic heterocycles. The van der Waals surface area contributed by atoms with Crippen molar-refractivity contribution in [2.45, 2.75) is 43.8 Å². The Kier molecular flexibility index (Phi) is 2.49. The van der Waals surface area contributed by atoms with Crippen LogP contribution < -0.4 is 0 Å². The molecule has 1 fully saturated rings. The fourth-order valence-electron chi connectivity index (χ4n) is 3.49. The van der Waals surface area contributed by atoms with Crippen LogP contribution in [0.1, 0.15) is 48.8 Å². The molecule has 0 spiro atoms. The summed E-state index contributed by atoms with van der Waals surface area (Å²) in [5.74, 6) is 0.724. The molecule has 4 atom stereocenters. The van der Waals surface area contributed by atoms with Crippen LogP contribution >= 0.6 is 0 Å². The topological polar surface area (TPSA) is 40.5 Å². The van der Waals surface area contributed by atoms with Crippen molar-refractivity contribution in [3.63, 3.8) is 0 Å². The summed E-state index contributed by atoms with van der Waals surface area (Å²) < 4.78 is 0. The first-order chi connectivity index (χ1) is 7.79. The Labute approximate surface area is 95.9 Å². The van der Waals surface area contributed by atoms with Gasteiger partial charge in [-0.15, -0.1) is 0 Å². The van der Waals surface area contributed by atoms with Crippen molar-refractivity contribution in [1.29, 1.82) is 0 Å². The normalized spacial score (nSPS) is 37.6. The summed E-state index contributed by atoms with van der Waals surface area (Å²) in [5, 5.41) is 20.3. The fraction of sp³-hybridized carbons (Fsp3) is 0.571. The number of fused-ring (bicyclic) bond motifs is 3. The second-order valence-electron chi connectivity index (χ2n) is 5.12. The molecule has 1 aromatic carbocycles. The Morgan fingerprint density at radius 1 is 0.938 bits per heavy atom. The molecule has 1 aromatic rings. The Morgan fingerprint density at radius 3 is 2.44 bits per heavy atom. The molecule has 0 unspecified atom stereocenters. The number of benzene rings is 1. The van der Waals surface area contributed by atoms with E-state index in [1.54, 1.807) is 0 Å². The SMILES string of the molecule is O[C@@H]1[C@H]2CCCC[C@@H]2c2ccccc2[C@@H]1O. The predicted molar refractivity (Wildman–Crippen MR) is 62.1 cm³/mol. The zero-order valence-electron chi connectivity index (χ0n) is 9.34. The Bertz CT molecular complexity index is 388. The summed E-state index contributed by atoms with van der Waals surface area (Å²) in [4.78, 5) is 0. The highest BCUT2D eigenvalue weighted by Crippen LogP contribution is 2.48. The molecule has 0 heterocycles. The molecule has 0 bridgehead atoms. The van der Waals surface area contributed by atoms with Crippen molar-refractivity contribution in [1.82, 2.24) is 0 Å². The first-order valence-corrected chi connectivity index (χ1v) is 6.24. The molecule has 0 saturated heterocycles. The quantitative estimate of drug-likeness (QED) is 0.702. The van der Waals surface area contributed by atoms with Crippen LogP contribution in [-0.2, 0) is 0 Å². The van der Waals surface area contributed by atoms with Crippen LogP contribution in [0.2, 0.25) is 0 Å². The predicted octanol–water partition coefficient (Wildman–Crippen LogP) is 2.37. The van der Waals surface area contributed by atoms with E-state index in [1.807, 2.05) is 18.2 Å². The number of hydrogen-bond donors (Lipinski definition) is 2. The van der Waals surface area contributed by atoms with Gasteiger partial charge >= 0.3 is 0 Å². The lowest BCUT2D eigenvalue weighted by molar-refractivity contribution is -0.0465. The maximum Gasteiger partial charge on any atom is 0.105 e. The van der Waals surface area contributed by atoms with Crippen LogP contribution in [0.25, 0.3) is 0 Å². The Hall–Kier alpha value is -0.860. The smallest absolute Gasteiger partial charge is 0.105 e. The van der Waals surface area contributed by atoms with E-state index in [9.17, 15) is 10.2 Å². The highest BCUT2D eigenvalue weighted by atomic mass is 16.3. The third kappa shape index (κ3) is 1.40. The van der Waals surface area contributed by atoms with Crippen LogP contribution in [0.3, 0.4) is 0 Å². The van der Waals surface area contributed by atoms with Gasteiger partial charge in [0.25, 0.3) is 0 Å². The number of hydrogen-bond acceptors (Lipinski definition) is 2. The molecular weight excluding hydrogens is 200 g/mol.